The Morgan fingerprint density at radius 3 is 2.09 bits per heavy atom. The molecule has 0 aliphatic heterocycles. The highest BCUT2D eigenvalue weighted by Gasteiger charge is 2.30. The van der Waals surface area contributed by atoms with E-state index in [0.29, 0.717) is 12.3 Å². The molecule has 0 aliphatic rings. The number of amides is 2. The summed E-state index contributed by atoms with van der Waals surface area (Å²) in [5.74, 6) is -0.0209. The van der Waals surface area contributed by atoms with Crippen molar-refractivity contribution in [2.24, 2.45) is 5.92 Å². The molecule has 0 radical (unpaired) electrons. The first-order valence-corrected chi connectivity index (χ1v) is 13.6. The molecule has 1 N–H and O–H groups in total. The molecule has 0 saturated heterocycles. The maximum absolute atomic E-state index is 13.5. The normalized spacial score (nSPS) is 12.2. The molecule has 0 aromatic heterocycles. The lowest BCUT2D eigenvalue weighted by molar-refractivity contribution is -0.139. The number of anilines is 1. The molecular formula is C24H31Cl2N3O5S. The van der Waals surface area contributed by atoms with Gasteiger partial charge in [0.15, 0.2) is 0 Å². The Morgan fingerprint density at radius 2 is 1.60 bits per heavy atom. The summed E-state index contributed by atoms with van der Waals surface area (Å²) in [4.78, 5) is 27.7. The lowest BCUT2D eigenvalue weighted by Gasteiger charge is -2.31. The van der Waals surface area contributed by atoms with E-state index in [1.165, 1.54) is 23.1 Å². The number of nitrogens with one attached hydrogen (secondary N) is 1. The zero-order chi connectivity index (χ0) is 26.3. The van der Waals surface area contributed by atoms with Gasteiger partial charge in [-0.25, -0.2) is 8.42 Å². The molecule has 35 heavy (non-hydrogen) atoms. The van der Waals surface area contributed by atoms with Crippen molar-refractivity contribution in [2.75, 3.05) is 30.8 Å². The van der Waals surface area contributed by atoms with Crippen molar-refractivity contribution in [1.29, 1.82) is 0 Å². The van der Waals surface area contributed by atoms with Crippen molar-refractivity contribution in [3.63, 3.8) is 0 Å². The fraction of sp³-hybridized carbons (Fsp3) is 0.417. The second-order valence-corrected chi connectivity index (χ2v) is 11.4. The average Bonchev–Trinajstić information content (AvgIpc) is 2.77. The number of methoxy groups -OCH3 is 1. The van der Waals surface area contributed by atoms with Crippen molar-refractivity contribution in [2.45, 2.75) is 33.4 Å². The molecule has 11 heteroatoms. The van der Waals surface area contributed by atoms with Gasteiger partial charge >= 0.3 is 0 Å². The molecule has 0 spiro atoms. The van der Waals surface area contributed by atoms with Gasteiger partial charge in [-0.2, -0.15) is 0 Å². The molecular weight excluding hydrogens is 513 g/mol. The maximum atomic E-state index is 13.5. The third-order valence-corrected chi connectivity index (χ3v) is 6.76. The van der Waals surface area contributed by atoms with Crippen LogP contribution in [0.25, 0.3) is 0 Å². The number of benzene rings is 2. The highest BCUT2D eigenvalue weighted by atomic mass is 35.5. The van der Waals surface area contributed by atoms with Gasteiger partial charge in [-0.15, -0.1) is 0 Å². The summed E-state index contributed by atoms with van der Waals surface area (Å²) >= 11 is 12.1. The van der Waals surface area contributed by atoms with Crippen LogP contribution in [0.4, 0.5) is 5.69 Å². The third-order valence-electron chi connectivity index (χ3n) is 5.18. The number of carbonyl (C=O) groups excluding carboxylic acids is 2. The zero-order valence-corrected chi connectivity index (χ0v) is 22.7. The van der Waals surface area contributed by atoms with Crippen LogP contribution in [0.1, 0.15) is 26.3 Å². The summed E-state index contributed by atoms with van der Waals surface area (Å²) in [7, 11) is -2.33. The molecule has 0 fully saturated rings. The first kappa shape index (κ1) is 28.7. The smallest absolute Gasteiger partial charge is 0.244 e. The lowest BCUT2D eigenvalue weighted by Crippen LogP contribution is -2.51. The number of sulfonamides is 1. The van der Waals surface area contributed by atoms with E-state index >= 15 is 0 Å². The summed E-state index contributed by atoms with van der Waals surface area (Å²) in [5.41, 5.74) is 0.902. The molecule has 0 saturated carbocycles. The maximum Gasteiger partial charge on any atom is 0.244 e. The van der Waals surface area contributed by atoms with E-state index in [-0.39, 0.29) is 34.1 Å². The van der Waals surface area contributed by atoms with Crippen LogP contribution < -0.4 is 14.4 Å². The van der Waals surface area contributed by atoms with Gasteiger partial charge in [-0.1, -0.05) is 49.2 Å². The lowest BCUT2D eigenvalue weighted by atomic mass is 10.1. The monoisotopic (exact) mass is 543 g/mol. The van der Waals surface area contributed by atoms with Gasteiger partial charge in [0.1, 0.15) is 18.3 Å². The van der Waals surface area contributed by atoms with Gasteiger partial charge in [0.25, 0.3) is 0 Å². The molecule has 1 unspecified atom stereocenters. The topological polar surface area (TPSA) is 96.0 Å². The molecule has 192 valence electrons. The van der Waals surface area contributed by atoms with Gasteiger partial charge in [-0.05, 0) is 48.7 Å². The number of rotatable bonds is 11. The van der Waals surface area contributed by atoms with E-state index in [4.69, 9.17) is 27.9 Å². The SMILES string of the molecule is COc1ccc(CN(C(=O)CN(c2cc(Cl)cc(Cl)c2)S(C)(=O)=O)C(C)C(=O)NCC(C)C)cc1. The Balaban J connectivity index is 2.39. The predicted octanol–water partition coefficient (Wildman–Crippen LogP) is 3.96. The van der Waals surface area contributed by atoms with Gasteiger partial charge < -0.3 is 15.0 Å². The Bertz CT molecular complexity index is 1120. The molecule has 2 amide bonds. The molecule has 2 aromatic rings. The van der Waals surface area contributed by atoms with Crippen LogP contribution in [0.5, 0.6) is 5.75 Å². The molecule has 0 bridgehead atoms. The minimum atomic E-state index is -3.88. The number of carbonyl (C=O) groups is 2. The quantitative estimate of drug-likeness (QED) is 0.462. The van der Waals surface area contributed by atoms with Crippen LogP contribution in [-0.4, -0.2) is 57.6 Å². The van der Waals surface area contributed by atoms with Crippen molar-refractivity contribution < 1.29 is 22.7 Å². The van der Waals surface area contributed by atoms with Crippen molar-refractivity contribution >= 4 is 50.7 Å². The van der Waals surface area contributed by atoms with Crippen LogP contribution in [-0.2, 0) is 26.2 Å². The first-order valence-electron chi connectivity index (χ1n) is 11.0. The summed E-state index contributed by atoms with van der Waals surface area (Å²) in [6, 6.07) is 10.5. The van der Waals surface area contributed by atoms with Crippen LogP contribution in [0.2, 0.25) is 10.0 Å². The van der Waals surface area contributed by atoms with Crippen molar-refractivity contribution in [3.05, 3.63) is 58.1 Å². The summed E-state index contributed by atoms with van der Waals surface area (Å²) in [6.07, 6.45) is 0.988. The Hall–Kier alpha value is -2.49. The number of hydrogen-bond acceptors (Lipinski definition) is 5. The number of ether oxygens (including phenoxy) is 1. The van der Waals surface area contributed by atoms with Crippen LogP contribution >= 0.6 is 23.2 Å². The van der Waals surface area contributed by atoms with E-state index in [0.717, 1.165) is 16.1 Å². The van der Waals surface area contributed by atoms with E-state index in [9.17, 15) is 18.0 Å². The molecule has 1 atom stereocenters. The van der Waals surface area contributed by atoms with Gasteiger partial charge in [-0.3, -0.25) is 13.9 Å². The van der Waals surface area contributed by atoms with E-state index < -0.39 is 28.5 Å². The molecule has 0 heterocycles. The third kappa shape index (κ3) is 8.59. The van der Waals surface area contributed by atoms with Crippen LogP contribution in [0, 0.1) is 5.92 Å². The minimum absolute atomic E-state index is 0.0903. The summed E-state index contributed by atoms with van der Waals surface area (Å²) in [5, 5.41) is 3.29. The highest BCUT2D eigenvalue weighted by molar-refractivity contribution is 7.92. The second kappa shape index (κ2) is 12.5. The number of halogens is 2. The van der Waals surface area contributed by atoms with Gasteiger partial charge in [0.05, 0.1) is 19.1 Å². The fourth-order valence-corrected chi connectivity index (χ4v) is 4.61. The summed E-state index contributed by atoms with van der Waals surface area (Å²) < 4.78 is 31.3. The van der Waals surface area contributed by atoms with Crippen LogP contribution in [0.3, 0.4) is 0 Å². The van der Waals surface area contributed by atoms with Crippen LogP contribution in [0.15, 0.2) is 42.5 Å². The Kier molecular flexibility index (Phi) is 10.2. The zero-order valence-electron chi connectivity index (χ0n) is 20.4. The number of nitrogens with zero attached hydrogens (tertiary/aromatic N) is 2. The first-order chi connectivity index (χ1) is 16.3. The largest absolute Gasteiger partial charge is 0.497 e. The van der Waals surface area contributed by atoms with Crippen molar-refractivity contribution in [1.82, 2.24) is 10.2 Å². The standard InChI is InChI=1S/C24H31Cl2N3O5S/c1-16(2)13-27-24(31)17(3)28(14-18-6-8-22(34-4)9-7-18)23(30)15-29(35(5,32)33)21-11-19(25)10-20(26)12-21/h6-12,16-17H,13-15H2,1-5H3,(H,27,31). The minimum Gasteiger partial charge on any atom is -0.497 e. The molecule has 2 rings (SSSR count). The average molecular weight is 545 g/mol. The van der Waals surface area contributed by atoms with Gasteiger partial charge in [0.2, 0.25) is 21.8 Å². The number of hydrogen-bond donors (Lipinski definition) is 1. The highest BCUT2D eigenvalue weighted by Crippen LogP contribution is 2.27. The Morgan fingerprint density at radius 1 is 1.03 bits per heavy atom. The fourth-order valence-electron chi connectivity index (χ4n) is 3.26. The second-order valence-electron chi connectivity index (χ2n) is 8.58. The van der Waals surface area contributed by atoms with Crippen molar-refractivity contribution in [3.8, 4) is 5.75 Å². The molecule has 0 aliphatic carbocycles. The van der Waals surface area contributed by atoms with Gasteiger partial charge in [0, 0.05) is 23.1 Å². The predicted molar refractivity (Wildman–Crippen MR) is 140 cm³/mol. The molecule has 8 nitrogen and oxygen atoms in total. The van der Waals surface area contributed by atoms with E-state index in [2.05, 4.69) is 5.32 Å². The summed E-state index contributed by atoms with van der Waals surface area (Å²) in [6.45, 7) is 5.54. The molecule has 2 aromatic carbocycles. The Labute approximate surface area is 217 Å². The van der Waals surface area contributed by atoms with E-state index in [1.54, 1.807) is 38.3 Å². The van der Waals surface area contributed by atoms with E-state index in [1.807, 2.05) is 13.8 Å².